The molecule has 0 aromatic heterocycles. The Morgan fingerprint density at radius 3 is 1.68 bits per heavy atom. The fourth-order valence-corrected chi connectivity index (χ4v) is 10.5. The van der Waals surface area contributed by atoms with Gasteiger partial charge >= 0.3 is 0 Å². The number of carbonyl (C=O) groups excluding carboxylic acids is 2. The molecule has 13 heteroatoms. The predicted molar refractivity (Wildman–Crippen MR) is 264 cm³/mol. The van der Waals surface area contributed by atoms with Gasteiger partial charge in [-0.2, -0.15) is 0 Å². The lowest BCUT2D eigenvalue weighted by Gasteiger charge is -2.18. The van der Waals surface area contributed by atoms with Gasteiger partial charge in [0.1, 0.15) is 4.90 Å². The molecular weight excluding hydrogens is 888 g/mol. The van der Waals surface area contributed by atoms with Gasteiger partial charge in [0.25, 0.3) is 31.9 Å². The van der Waals surface area contributed by atoms with Crippen molar-refractivity contribution in [2.45, 2.75) is 30.1 Å². The van der Waals surface area contributed by atoms with Crippen LogP contribution in [-0.2, 0) is 26.5 Å². The minimum Gasteiger partial charge on any atom is -0.321 e. The second-order valence-electron chi connectivity index (χ2n) is 15.6. The molecule has 0 spiro atoms. The molecule has 0 saturated heterocycles. The van der Waals surface area contributed by atoms with Crippen LogP contribution in [-0.4, -0.2) is 28.6 Å². The maximum absolute atomic E-state index is 14.3. The number of anilines is 4. The standard InChI is InChI=1S/C53H43ClN4O6S2/c1-35-25-26-36(2)49(31-35)58-66(63,64)51-34-41(29-30-46(51)54)53(60)56-48-24-14-12-22-45(48)43-20-10-9-17-38(43)32-39-27-28-40(33-50(39)65(61,62)57-42-18-7-4-8-19-42)52(59)55-47-23-13-11-21-44(47)37-15-5-3-6-16-37/h3-31,33-34,57-58H,32H2,1-2H3,(H,55,59)(H,56,60). The maximum Gasteiger partial charge on any atom is 0.263 e. The number of halogens is 1. The molecule has 8 rings (SSSR count). The van der Waals surface area contributed by atoms with Crippen molar-refractivity contribution < 1.29 is 26.4 Å². The van der Waals surface area contributed by atoms with Gasteiger partial charge in [-0.25, -0.2) is 16.8 Å². The Labute approximate surface area is 389 Å². The fraction of sp³-hybridized carbons (Fsp3) is 0.0566. The molecule has 330 valence electrons. The lowest BCUT2D eigenvalue weighted by molar-refractivity contribution is 0.101. The van der Waals surface area contributed by atoms with Gasteiger partial charge in [0.2, 0.25) is 0 Å². The topological polar surface area (TPSA) is 151 Å². The molecule has 0 heterocycles. The van der Waals surface area contributed by atoms with Gasteiger partial charge in [-0.3, -0.25) is 19.0 Å². The van der Waals surface area contributed by atoms with Gasteiger partial charge in [0, 0.05) is 39.3 Å². The highest BCUT2D eigenvalue weighted by Crippen LogP contribution is 2.35. The van der Waals surface area contributed by atoms with Crippen LogP contribution in [0.25, 0.3) is 22.3 Å². The Bertz CT molecular complexity index is 3350. The Hall–Kier alpha value is -7.51. The van der Waals surface area contributed by atoms with Crippen LogP contribution in [0.5, 0.6) is 0 Å². The fourth-order valence-electron chi connectivity index (χ4n) is 7.52. The van der Waals surface area contributed by atoms with Crippen molar-refractivity contribution in [3.05, 3.63) is 226 Å². The molecule has 0 aliphatic rings. The van der Waals surface area contributed by atoms with Crippen molar-refractivity contribution in [1.29, 1.82) is 0 Å². The van der Waals surface area contributed by atoms with Crippen LogP contribution >= 0.6 is 11.6 Å². The average Bonchev–Trinajstić information content (AvgIpc) is 3.31. The first-order valence-electron chi connectivity index (χ1n) is 20.8. The number of hydrogen-bond donors (Lipinski definition) is 4. The van der Waals surface area contributed by atoms with Crippen molar-refractivity contribution in [2.24, 2.45) is 0 Å². The quantitative estimate of drug-likeness (QED) is 0.0852. The molecule has 0 saturated carbocycles. The Morgan fingerprint density at radius 1 is 0.470 bits per heavy atom. The van der Waals surface area contributed by atoms with Gasteiger partial charge in [-0.15, -0.1) is 0 Å². The van der Waals surface area contributed by atoms with Crippen LogP contribution in [0.3, 0.4) is 0 Å². The van der Waals surface area contributed by atoms with E-state index >= 15 is 0 Å². The number of carbonyl (C=O) groups is 2. The summed E-state index contributed by atoms with van der Waals surface area (Å²) in [5.41, 5.74) is 7.68. The van der Waals surface area contributed by atoms with Gasteiger partial charge in [-0.1, -0.05) is 139 Å². The molecule has 10 nitrogen and oxygen atoms in total. The highest BCUT2D eigenvalue weighted by atomic mass is 35.5. The molecule has 8 aromatic rings. The summed E-state index contributed by atoms with van der Waals surface area (Å²) in [7, 11) is -8.46. The molecule has 0 fully saturated rings. The van der Waals surface area contributed by atoms with Crippen molar-refractivity contribution in [2.75, 3.05) is 20.1 Å². The third kappa shape index (κ3) is 10.2. The van der Waals surface area contributed by atoms with Crippen LogP contribution in [0.2, 0.25) is 5.02 Å². The molecule has 8 aromatic carbocycles. The number of rotatable bonds is 14. The zero-order valence-corrected chi connectivity index (χ0v) is 38.1. The van der Waals surface area contributed by atoms with Crippen LogP contribution in [0.1, 0.15) is 43.0 Å². The second kappa shape index (κ2) is 19.3. The summed E-state index contributed by atoms with van der Waals surface area (Å²) in [6.45, 7) is 3.64. The first kappa shape index (κ1) is 45.1. The number of para-hydroxylation sites is 3. The number of benzene rings is 8. The number of aryl methyl sites for hydroxylation is 2. The van der Waals surface area contributed by atoms with E-state index in [1.165, 1.54) is 24.3 Å². The third-order valence-electron chi connectivity index (χ3n) is 10.9. The van der Waals surface area contributed by atoms with E-state index < -0.39 is 31.9 Å². The smallest absolute Gasteiger partial charge is 0.263 e. The molecule has 0 radical (unpaired) electrons. The molecule has 0 unspecified atom stereocenters. The summed E-state index contributed by atoms with van der Waals surface area (Å²) < 4.78 is 61.2. The van der Waals surface area contributed by atoms with Crippen molar-refractivity contribution in [3.63, 3.8) is 0 Å². The van der Waals surface area contributed by atoms with Crippen LogP contribution < -0.4 is 20.1 Å². The molecule has 4 N–H and O–H groups in total. The van der Waals surface area contributed by atoms with Crippen LogP contribution in [0, 0.1) is 13.8 Å². The lowest BCUT2D eigenvalue weighted by atomic mass is 9.93. The highest BCUT2D eigenvalue weighted by molar-refractivity contribution is 7.93. The largest absolute Gasteiger partial charge is 0.321 e. The molecule has 0 atom stereocenters. The summed E-state index contributed by atoms with van der Waals surface area (Å²) >= 11 is 6.42. The molecule has 0 bridgehead atoms. The van der Waals surface area contributed by atoms with E-state index in [-0.39, 0.29) is 32.4 Å². The van der Waals surface area contributed by atoms with Crippen molar-refractivity contribution >= 4 is 66.2 Å². The molecule has 0 aliphatic carbocycles. The number of sulfonamides is 2. The summed E-state index contributed by atoms with van der Waals surface area (Å²) in [4.78, 5) is 27.5. The summed E-state index contributed by atoms with van der Waals surface area (Å²) in [5, 5.41) is 5.88. The molecule has 2 amide bonds. The van der Waals surface area contributed by atoms with E-state index in [0.717, 1.165) is 22.3 Å². The average molecular weight is 932 g/mol. The number of amides is 2. The first-order chi connectivity index (χ1) is 31.8. The minimum atomic E-state index is -4.26. The minimum absolute atomic E-state index is 0.0530. The van der Waals surface area contributed by atoms with Gasteiger partial charge < -0.3 is 10.6 Å². The predicted octanol–water partition coefficient (Wildman–Crippen LogP) is 12.0. The molecular formula is C53H43ClN4O6S2. The van der Waals surface area contributed by atoms with Gasteiger partial charge in [-0.05, 0) is 114 Å². The van der Waals surface area contributed by atoms with Crippen LogP contribution in [0.4, 0.5) is 22.7 Å². The summed E-state index contributed by atoms with van der Waals surface area (Å²) in [6.07, 6.45) is 0.119. The van der Waals surface area contributed by atoms with Crippen molar-refractivity contribution in [3.8, 4) is 22.3 Å². The summed E-state index contributed by atoms with van der Waals surface area (Å²) in [5.74, 6) is -1.07. The van der Waals surface area contributed by atoms with Gasteiger partial charge in [0.15, 0.2) is 0 Å². The lowest BCUT2D eigenvalue weighted by Crippen LogP contribution is -2.18. The van der Waals surface area contributed by atoms with Crippen LogP contribution in [0.15, 0.2) is 198 Å². The Balaban J connectivity index is 1.11. The van der Waals surface area contributed by atoms with E-state index in [2.05, 4.69) is 20.1 Å². The number of nitrogens with one attached hydrogen (secondary N) is 4. The SMILES string of the molecule is Cc1ccc(C)c(NS(=O)(=O)c2cc(C(=O)Nc3ccccc3-c3ccccc3Cc3ccc(C(=O)Nc4ccccc4-c4ccccc4)cc3S(=O)(=O)Nc3ccccc3)ccc2Cl)c1. The normalized spacial score (nSPS) is 11.4. The second-order valence-corrected chi connectivity index (χ2v) is 19.3. The van der Waals surface area contributed by atoms with E-state index in [4.69, 9.17) is 11.6 Å². The zero-order chi connectivity index (χ0) is 46.4. The maximum atomic E-state index is 14.3. The number of hydrogen-bond acceptors (Lipinski definition) is 6. The van der Waals surface area contributed by atoms with E-state index in [0.29, 0.717) is 45.0 Å². The van der Waals surface area contributed by atoms with E-state index in [9.17, 15) is 26.4 Å². The highest BCUT2D eigenvalue weighted by Gasteiger charge is 2.25. The van der Waals surface area contributed by atoms with Crippen molar-refractivity contribution in [1.82, 2.24) is 0 Å². The molecule has 0 aliphatic heterocycles. The summed E-state index contributed by atoms with van der Waals surface area (Å²) in [6, 6.07) is 54.2. The Morgan fingerprint density at radius 2 is 1.00 bits per heavy atom. The monoisotopic (exact) mass is 930 g/mol. The Kier molecular flexibility index (Phi) is 13.2. The first-order valence-corrected chi connectivity index (χ1v) is 24.1. The zero-order valence-electron chi connectivity index (χ0n) is 35.7. The van der Waals surface area contributed by atoms with E-state index in [1.807, 2.05) is 104 Å². The third-order valence-corrected chi connectivity index (χ3v) is 14.2. The molecule has 66 heavy (non-hydrogen) atoms. The van der Waals surface area contributed by atoms with Gasteiger partial charge in [0.05, 0.1) is 15.6 Å². The van der Waals surface area contributed by atoms with E-state index in [1.54, 1.807) is 73.7 Å².